The molecule has 2 fully saturated rings. The van der Waals surface area contributed by atoms with Crippen LogP contribution >= 0.6 is 11.6 Å². The lowest BCUT2D eigenvalue weighted by atomic mass is 10.1. The van der Waals surface area contributed by atoms with Gasteiger partial charge in [0, 0.05) is 62.8 Å². The summed E-state index contributed by atoms with van der Waals surface area (Å²) < 4.78 is 40.8. The van der Waals surface area contributed by atoms with Gasteiger partial charge in [-0.25, -0.2) is 12.8 Å². The second-order valence-corrected chi connectivity index (χ2v) is 11.0. The molecule has 6 nitrogen and oxygen atoms in total. The van der Waals surface area contributed by atoms with Gasteiger partial charge < -0.3 is 4.90 Å². The molecule has 2 aromatic rings. The zero-order valence-corrected chi connectivity index (χ0v) is 20.1. The van der Waals surface area contributed by atoms with Crippen LogP contribution in [0.2, 0.25) is 5.02 Å². The second-order valence-electron chi connectivity index (χ2n) is 8.61. The zero-order chi connectivity index (χ0) is 23.4. The third kappa shape index (κ3) is 5.74. The van der Waals surface area contributed by atoms with E-state index in [1.54, 1.807) is 36.4 Å². The summed E-state index contributed by atoms with van der Waals surface area (Å²) in [5, 5.41) is 0.424. The number of hydrogen-bond acceptors (Lipinski definition) is 4. The van der Waals surface area contributed by atoms with Crippen molar-refractivity contribution in [3.63, 3.8) is 0 Å². The van der Waals surface area contributed by atoms with Crippen molar-refractivity contribution in [2.75, 3.05) is 39.3 Å². The van der Waals surface area contributed by atoms with Gasteiger partial charge in [-0.1, -0.05) is 29.8 Å². The van der Waals surface area contributed by atoms with Crippen LogP contribution in [0.1, 0.15) is 30.4 Å². The molecular formula is C24H29ClFN3O3S. The number of halogens is 2. The SMILES string of the molecule is O=C(CCc1ccc(S(=O)(=O)N2CCCC2)cc1)N1CCN(Cc2c(F)cccc2Cl)CC1. The molecule has 0 unspecified atom stereocenters. The summed E-state index contributed by atoms with van der Waals surface area (Å²) in [6.07, 6.45) is 2.75. The number of aryl methyl sites for hydroxylation is 1. The molecule has 4 rings (SSSR count). The average molecular weight is 494 g/mol. The minimum atomic E-state index is -3.42. The Labute approximate surface area is 200 Å². The van der Waals surface area contributed by atoms with E-state index in [4.69, 9.17) is 11.6 Å². The van der Waals surface area contributed by atoms with E-state index in [1.165, 1.54) is 10.4 Å². The fourth-order valence-electron chi connectivity index (χ4n) is 4.38. The Balaban J connectivity index is 1.25. The molecule has 0 saturated carbocycles. The summed E-state index contributed by atoms with van der Waals surface area (Å²) in [6, 6.07) is 11.6. The Bertz CT molecular complexity index is 1060. The summed E-state index contributed by atoms with van der Waals surface area (Å²) in [7, 11) is -3.42. The summed E-state index contributed by atoms with van der Waals surface area (Å²) in [4.78, 5) is 16.9. The van der Waals surface area contributed by atoms with Crippen molar-refractivity contribution < 1.29 is 17.6 Å². The summed E-state index contributed by atoms with van der Waals surface area (Å²) in [5.41, 5.74) is 1.44. The van der Waals surface area contributed by atoms with Crippen molar-refractivity contribution in [2.45, 2.75) is 37.1 Å². The summed E-state index contributed by atoms with van der Waals surface area (Å²) in [6.45, 7) is 4.12. The Morgan fingerprint density at radius 2 is 1.61 bits per heavy atom. The first kappa shape index (κ1) is 24.1. The highest BCUT2D eigenvalue weighted by molar-refractivity contribution is 7.89. The lowest BCUT2D eigenvalue weighted by Crippen LogP contribution is -2.48. The second kappa shape index (κ2) is 10.5. The summed E-state index contributed by atoms with van der Waals surface area (Å²) in [5.74, 6) is -0.229. The smallest absolute Gasteiger partial charge is 0.243 e. The van der Waals surface area contributed by atoms with Crippen LogP contribution in [-0.4, -0.2) is 67.7 Å². The minimum Gasteiger partial charge on any atom is -0.340 e. The quantitative estimate of drug-likeness (QED) is 0.592. The molecule has 2 aliphatic heterocycles. The van der Waals surface area contributed by atoms with Gasteiger partial charge in [-0.3, -0.25) is 9.69 Å². The molecule has 178 valence electrons. The molecule has 0 aromatic heterocycles. The number of carbonyl (C=O) groups is 1. The molecule has 0 spiro atoms. The van der Waals surface area contributed by atoms with Crippen LogP contribution in [0.15, 0.2) is 47.4 Å². The van der Waals surface area contributed by atoms with Crippen molar-refractivity contribution in [2.24, 2.45) is 0 Å². The first-order valence-electron chi connectivity index (χ1n) is 11.4. The monoisotopic (exact) mass is 493 g/mol. The largest absolute Gasteiger partial charge is 0.340 e. The molecule has 2 saturated heterocycles. The van der Waals surface area contributed by atoms with E-state index in [-0.39, 0.29) is 11.7 Å². The molecule has 0 N–H and O–H groups in total. The van der Waals surface area contributed by atoms with Gasteiger partial charge in [0.05, 0.1) is 4.90 Å². The number of amides is 1. The predicted octanol–water partition coefficient (Wildman–Crippen LogP) is 3.54. The Morgan fingerprint density at radius 3 is 2.24 bits per heavy atom. The van der Waals surface area contributed by atoms with Crippen LogP contribution in [0.4, 0.5) is 4.39 Å². The summed E-state index contributed by atoms with van der Waals surface area (Å²) >= 11 is 6.13. The van der Waals surface area contributed by atoms with Crippen molar-refractivity contribution >= 4 is 27.5 Å². The number of sulfonamides is 1. The highest BCUT2D eigenvalue weighted by Crippen LogP contribution is 2.23. The first-order valence-corrected chi connectivity index (χ1v) is 13.2. The maximum atomic E-state index is 14.0. The topological polar surface area (TPSA) is 60.9 Å². The highest BCUT2D eigenvalue weighted by atomic mass is 35.5. The van der Waals surface area contributed by atoms with Crippen LogP contribution in [0.5, 0.6) is 0 Å². The predicted molar refractivity (Wildman–Crippen MR) is 126 cm³/mol. The lowest BCUT2D eigenvalue weighted by Gasteiger charge is -2.35. The van der Waals surface area contributed by atoms with E-state index in [9.17, 15) is 17.6 Å². The maximum Gasteiger partial charge on any atom is 0.243 e. The Hall–Kier alpha value is -2.00. The van der Waals surface area contributed by atoms with Gasteiger partial charge >= 0.3 is 0 Å². The van der Waals surface area contributed by atoms with Gasteiger partial charge in [-0.15, -0.1) is 0 Å². The van der Waals surface area contributed by atoms with E-state index in [2.05, 4.69) is 4.90 Å². The standard InChI is InChI=1S/C24H29ClFN3O3S/c25-22-4-3-5-23(26)21(22)18-27-14-16-28(17-15-27)24(30)11-8-19-6-9-20(10-7-19)33(31,32)29-12-1-2-13-29/h3-7,9-10H,1-2,8,11-18H2. The number of carbonyl (C=O) groups excluding carboxylic acids is 1. The van der Waals surface area contributed by atoms with E-state index in [1.807, 2.05) is 4.90 Å². The molecule has 33 heavy (non-hydrogen) atoms. The van der Waals surface area contributed by atoms with Crippen LogP contribution < -0.4 is 0 Å². The molecular weight excluding hydrogens is 465 g/mol. The van der Waals surface area contributed by atoms with Crippen molar-refractivity contribution in [1.29, 1.82) is 0 Å². The zero-order valence-electron chi connectivity index (χ0n) is 18.6. The molecule has 1 amide bonds. The average Bonchev–Trinajstić information content (AvgIpc) is 3.37. The molecule has 0 bridgehead atoms. The Morgan fingerprint density at radius 1 is 0.939 bits per heavy atom. The lowest BCUT2D eigenvalue weighted by molar-refractivity contribution is -0.133. The van der Waals surface area contributed by atoms with Gasteiger partial charge in [-0.2, -0.15) is 4.31 Å². The minimum absolute atomic E-state index is 0.0762. The third-order valence-corrected chi connectivity index (χ3v) is 8.69. The molecule has 2 aromatic carbocycles. The van der Waals surface area contributed by atoms with E-state index in [0.29, 0.717) is 74.1 Å². The van der Waals surface area contributed by atoms with Gasteiger partial charge in [0.15, 0.2) is 0 Å². The molecule has 9 heteroatoms. The number of nitrogens with zero attached hydrogens (tertiary/aromatic N) is 3. The van der Waals surface area contributed by atoms with Crippen LogP contribution in [0, 0.1) is 5.82 Å². The van der Waals surface area contributed by atoms with Gasteiger partial charge in [0.2, 0.25) is 15.9 Å². The van der Waals surface area contributed by atoms with Crippen molar-refractivity contribution in [1.82, 2.24) is 14.1 Å². The molecule has 0 atom stereocenters. The number of benzene rings is 2. The van der Waals surface area contributed by atoms with Crippen LogP contribution in [0.3, 0.4) is 0 Å². The van der Waals surface area contributed by atoms with Gasteiger partial charge in [-0.05, 0) is 49.1 Å². The molecule has 2 heterocycles. The van der Waals surface area contributed by atoms with E-state index < -0.39 is 10.0 Å². The first-order chi connectivity index (χ1) is 15.8. The van der Waals surface area contributed by atoms with Crippen molar-refractivity contribution in [3.8, 4) is 0 Å². The molecule has 2 aliphatic rings. The third-order valence-electron chi connectivity index (χ3n) is 6.42. The van der Waals surface area contributed by atoms with E-state index in [0.717, 1.165) is 18.4 Å². The Kier molecular flexibility index (Phi) is 7.69. The number of rotatable bonds is 7. The molecule has 0 radical (unpaired) electrons. The fraction of sp³-hybridized carbons (Fsp3) is 0.458. The highest BCUT2D eigenvalue weighted by Gasteiger charge is 2.27. The number of piperazine rings is 1. The van der Waals surface area contributed by atoms with E-state index >= 15 is 0 Å². The van der Waals surface area contributed by atoms with Gasteiger partial charge in [0.25, 0.3) is 0 Å². The molecule has 0 aliphatic carbocycles. The fourth-order valence-corrected chi connectivity index (χ4v) is 6.12. The maximum absolute atomic E-state index is 14.0. The van der Waals surface area contributed by atoms with Crippen molar-refractivity contribution in [3.05, 3.63) is 64.4 Å². The van der Waals surface area contributed by atoms with Crippen LogP contribution in [0.25, 0.3) is 0 Å². The van der Waals surface area contributed by atoms with Crippen LogP contribution in [-0.2, 0) is 27.8 Å². The van der Waals surface area contributed by atoms with Gasteiger partial charge in [0.1, 0.15) is 5.82 Å². The number of hydrogen-bond donors (Lipinski definition) is 0. The normalized spacial score (nSPS) is 18.1.